The maximum absolute atomic E-state index is 12.5. The lowest BCUT2D eigenvalue weighted by Crippen LogP contribution is -2.45. The summed E-state index contributed by atoms with van der Waals surface area (Å²) in [4.78, 5) is 14.1. The molecule has 0 saturated carbocycles. The number of rotatable bonds is 3. The molecule has 4 heteroatoms. The van der Waals surface area contributed by atoms with Crippen molar-refractivity contribution in [1.82, 2.24) is 4.90 Å². The third kappa shape index (κ3) is 3.71. The summed E-state index contributed by atoms with van der Waals surface area (Å²) in [5.74, 6) is 0. The largest absolute Gasteiger partial charge is 0.445 e. The average molecular weight is 311 g/mol. The number of hydrogen-bond acceptors (Lipinski definition) is 3. The van der Waals surface area contributed by atoms with Crippen molar-refractivity contribution in [2.75, 3.05) is 6.54 Å². The molecular formula is C19H21NO3. The van der Waals surface area contributed by atoms with Crippen LogP contribution in [0.5, 0.6) is 0 Å². The molecule has 1 heterocycles. The number of amides is 1. The second kappa shape index (κ2) is 7.29. The van der Waals surface area contributed by atoms with E-state index in [4.69, 9.17) is 4.74 Å². The number of nitrogens with zero attached hydrogens (tertiary/aromatic N) is 1. The van der Waals surface area contributed by atoms with Crippen LogP contribution < -0.4 is 0 Å². The summed E-state index contributed by atoms with van der Waals surface area (Å²) in [6.45, 7) is 0.845. The number of aliphatic hydroxyl groups is 1. The van der Waals surface area contributed by atoms with Crippen molar-refractivity contribution in [3.05, 3.63) is 71.8 Å². The Bertz CT molecular complexity index is 630. The van der Waals surface area contributed by atoms with E-state index < -0.39 is 6.10 Å². The number of carbonyl (C=O) groups is 1. The first-order valence-electron chi connectivity index (χ1n) is 7.96. The molecule has 1 saturated heterocycles. The highest BCUT2D eigenvalue weighted by atomic mass is 16.6. The van der Waals surface area contributed by atoms with E-state index in [2.05, 4.69) is 0 Å². The zero-order chi connectivity index (χ0) is 16.1. The molecule has 0 radical (unpaired) electrons. The molecule has 0 unspecified atom stereocenters. The van der Waals surface area contributed by atoms with Crippen LogP contribution in [0.4, 0.5) is 4.79 Å². The first kappa shape index (κ1) is 15.6. The van der Waals surface area contributed by atoms with Gasteiger partial charge in [0.25, 0.3) is 0 Å². The molecule has 3 rings (SSSR count). The van der Waals surface area contributed by atoms with E-state index in [0.29, 0.717) is 13.0 Å². The molecule has 1 aliphatic heterocycles. The van der Waals surface area contributed by atoms with Crippen molar-refractivity contribution >= 4 is 6.09 Å². The van der Waals surface area contributed by atoms with Crippen LogP contribution in [0.1, 0.15) is 30.0 Å². The van der Waals surface area contributed by atoms with Gasteiger partial charge >= 0.3 is 6.09 Å². The minimum absolute atomic E-state index is 0.244. The van der Waals surface area contributed by atoms with Crippen LogP contribution in [0, 0.1) is 0 Å². The van der Waals surface area contributed by atoms with E-state index in [0.717, 1.165) is 17.5 Å². The molecule has 1 N–H and O–H groups in total. The van der Waals surface area contributed by atoms with Crippen LogP contribution in [-0.4, -0.2) is 28.7 Å². The lowest BCUT2D eigenvalue weighted by Gasteiger charge is -2.38. The summed E-state index contributed by atoms with van der Waals surface area (Å²) in [5, 5.41) is 10.4. The molecule has 0 bridgehead atoms. The van der Waals surface area contributed by atoms with Crippen LogP contribution in [0.2, 0.25) is 0 Å². The van der Waals surface area contributed by atoms with Crippen molar-refractivity contribution in [3.8, 4) is 0 Å². The Kier molecular flexibility index (Phi) is 4.93. The highest BCUT2D eigenvalue weighted by Crippen LogP contribution is 2.31. The van der Waals surface area contributed by atoms with Crippen molar-refractivity contribution in [2.24, 2.45) is 0 Å². The number of ether oxygens (including phenoxy) is 1. The number of likely N-dealkylation sites (tertiary alicyclic amines) is 1. The van der Waals surface area contributed by atoms with E-state index in [1.165, 1.54) is 0 Å². The maximum Gasteiger partial charge on any atom is 0.410 e. The summed E-state index contributed by atoms with van der Waals surface area (Å²) in [6.07, 6.45) is 0.546. The van der Waals surface area contributed by atoms with Gasteiger partial charge in [-0.1, -0.05) is 60.7 Å². The predicted molar refractivity (Wildman–Crippen MR) is 87.8 cm³/mol. The van der Waals surface area contributed by atoms with E-state index >= 15 is 0 Å². The molecule has 2 aromatic carbocycles. The van der Waals surface area contributed by atoms with Gasteiger partial charge in [0.2, 0.25) is 0 Å². The summed E-state index contributed by atoms with van der Waals surface area (Å²) >= 11 is 0. The summed E-state index contributed by atoms with van der Waals surface area (Å²) in [5.41, 5.74) is 1.89. The SMILES string of the molecule is O=C(OCc1ccccc1)N1CCC[C@@H](O)[C@H]1c1ccccc1. The van der Waals surface area contributed by atoms with Gasteiger partial charge in [0.05, 0.1) is 12.1 Å². The standard InChI is InChI=1S/C19H21NO3/c21-17-12-7-13-20(18(17)16-10-5-2-6-11-16)19(22)23-14-15-8-3-1-4-9-15/h1-6,8-11,17-18,21H,7,12-14H2/t17-,18-/m1/s1. The fourth-order valence-electron chi connectivity index (χ4n) is 3.03. The first-order chi connectivity index (χ1) is 11.3. The van der Waals surface area contributed by atoms with E-state index in [9.17, 15) is 9.90 Å². The number of piperidine rings is 1. The van der Waals surface area contributed by atoms with Gasteiger partial charge in [0, 0.05) is 6.54 Å². The van der Waals surface area contributed by atoms with Crippen LogP contribution >= 0.6 is 0 Å². The zero-order valence-corrected chi connectivity index (χ0v) is 13.0. The highest BCUT2D eigenvalue weighted by Gasteiger charge is 2.35. The molecule has 1 fully saturated rings. The number of carbonyl (C=O) groups excluding carboxylic acids is 1. The summed E-state index contributed by atoms with van der Waals surface area (Å²) in [6, 6.07) is 18.9. The van der Waals surface area contributed by atoms with Gasteiger partial charge in [-0.25, -0.2) is 4.79 Å². The normalized spacial score (nSPS) is 21.0. The lowest BCUT2D eigenvalue weighted by atomic mass is 9.93. The smallest absolute Gasteiger partial charge is 0.410 e. The van der Waals surface area contributed by atoms with Crippen LogP contribution in [0.3, 0.4) is 0 Å². The minimum atomic E-state index is -0.560. The van der Waals surface area contributed by atoms with E-state index in [1.54, 1.807) is 4.90 Å². The third-order valence-electron chi connectivity index (χ3n) is 4.18. The Hall–Kier alpha value is -2.33. The van der Waals surface area contributed by atoms with E-state index in [1.807, 2.05) is 60.7 Å². The number of benzene rings is 2. The molecule has 2 aromatic rings. The Morgan fingerprint density at radius 2 is 1.74 bits per heavy atom. The minimum Gasteiger partial charge on any atom is -0.445 e. The zero-order valence-electron chi connectivity index (χ0n) is 13.0. The highest BCUT2D eigenvalue weighted by molar-refractivity contribution is 5.68. The first-order valence-corrected chi connectivity index (χ1v) is 7.96. The van der Waals surface area contributed by atoms with Gasteiger partial charge in [-0.2, -0.15) is 0 Å². The van der Waals surface area contributed by atoms with Gasteiger partial charge in [-0.15, -0.1) is 0 Å². The molecule has 23 heavy (non-hydrogen) atoms. The second-order valence-electron chi connectivity index (χ2n) is 5.80. The molecule has 2 atom stereocenters. The predicted octanol–water partition coefficient (Wildman–Crippen LogP) is 3.52. The molecule has 4 nitrogen and oxygen atoms in total. The Labute approximate surface area is 136 Å². The van der Waals surface area contributed by atoms with Crippen molar-refractivity contribution in [1.29, 1.82) is 0 Å². The number of aliphatic hydroxyl groups excluding tert-OH is 1. The summed E-state index contributed by atoms with van der Waals surface area (Å²) in [7, 11) is 0. The molecule has 0 aliphatic carbocycles. The van der Waals surface area contributed by atoms with Crippen molar-refractivity contribution < 1.29 is 14.6 Å². The number of hydrogen-bond donors (Lipinski definition) is 1. The molecule has 0 spiro atoms. The molecule has 1 amide bonds. The van der Waals surface area contributed by atoms with Gasteiger partial charge in [-0.3, -0.25) is 4.90 Å². The maximum atomic E-state index is 12.5. The molecular weight excluding hydrogens is 290 g/mol. The Morgan fingerprint density at radius 3 is 2.43 bits per heavy atom. The topological polar surface area (TPSA) is 49.8 Å². The Morgan fingerprint density at radius 1 is 1.09 bits per heavy atom. The van der Waals surface area contributed by atoms with Crippen LogP contribution in [0.25, 0.3) is 0 Å². The lowest BCUT2D eigenvalue weighted by molar-refractivity contribution is 0.00236. The molecule has 1 aliphatic rings. The van der Waals surface area contributed by atoms with Crippen LogP contribution in [-0.2, 0) is 11.3 Å². The van der Waals surface area contributed by atoms with Crippen LogP contribution in [0.15, 0.2) is 60.7 Å². The average Bonchev–Trinajstić information content (AvgIpc) is 2.61. The molecule has 120 valence electrons. The molecule has 0 aromatic heterocycles. The second-order valence-corrected chi connectivity index (χ2v) is 5.80. The Balaban J connectivity index is 1.72. The summed E-state index contributed by atoms with van der Waals surface area (Å²) < 4.78 is 5.44. The van der Waals surface area contributed by atoms with Gasteiger partial charge in [0.15, 0.2) is 0 Å². The quantitative estimate of drug-likeness (QED) is 0.943. The fourth-order valence-corrected chi connectivity index (χ4v) is 3.03. The monoisotopic (exact) mass is 311 g/mol. The van der Waals surface area contributed by atoms with Crippen molar-refractivity contribution in [2.45, 2.75) is 31.6 Å². The van der Waals surface area contributed by atoms with Gasteiger partial charge < -0.3 is 9.84 Å². The van der Waals surface area contributed by atoms with Gasteiger partial charge in [-0.05, 0) is 24.0 Å². The van der Waals surface area contributed by atoms with Crippen molar-refractivity contribution in [3.63, 3.8) is 0 Å². The van der Waals surface area contributed by atoms with E-state index in [-0.39, 0.29) is 18.7 Å². The van der Waals surface area contributed by atoms with Gasteiger partial charge in [0.1, 0.15) is 6.61 Å². The third-order valence-corrected chi connectivity index (χ3v) is 4.18. The fraction of sp³-hybridized carbons (Fsp3) is 0.316.